The lowest BCUT2D eigenvalue weighted by Crippen LogP contribution is -2.28. The maximum atomic E-state index is 11.5. The zero-order chi connectivity index (χ0) is 14.4. The number of ether oxygens (including phenoxy) is 1. The lowest BCUT2D eigenvalue weighted by atomic mass is 10.1. The Morgan fingerprint density at radius 1 is 1.58 bits per heavy atom. The van der Waals surface area contributed by atoms with Crippen molar-refractivity contribution >= 4 is 17.3 Å². The van der Waals surface area contributed by atoms with Gasteiger partial charge in [0.05, 0.1) is 36.0 Å². The number of nitriles is 1. The Labute approximate surface area is 113 Å². The van der Waals surface area contributed by atoms with Crippen LogP contribution >= 0.6 is 0 Å². The summed E-state index contributed by atoms with van der Waals surface area (Å²) in [5, 5.41) is 8.89. The maximum absolute atomic E-state index is 11.5. The molecule has 2 N–H and O–H groups in total. The first-order valence-corrected chi connectivity index (χ1v) is 6.15. The monoisotopic (exact) mass is 261 g/mol. The van der Waals surface area contributed by atoms with Gasteiger partial charge in [0.1, 0.15) is 0 Å². The fourth-order valence-electron chi connectivity index (χ4n) is 1.83. The Balaban J connectivity index is 3.09. The van der Waals surface area contributed by atoms with E-state index in [1.165, 1.54) is 7.11 Å². The number of anilines is 2. The van der Waals surface area contributed by atoms with Gasteiger partial charge in [0, 0.05) is 13.1 Å². The first-order chi connectivity index (χ1) is 9.03. The molecule has 5 heteroatoms. The van der Waals surface area contributed by atoms with Crippen LogP contribution in [-0.2, 0) is 4.74 Å². The summed E-state index contributed by atoms with van der Waals surface area (Å²) in [5.41, 5.74) is 7.74. The standard InChI is InChI=1S/C14H19N3O2/c1-4-17(9-10(2)8-15)13-7-11(14(18)19-3)5-6-12(13)16/h5-7,10H,4,9,16H2,1-3H3. The average Bonchev–Trinajstić information content (AvgIpc) is 2.44. The second-order valence-corrected chi connectivity index (χ2v) is 4.33. The third-order valence-electron chi connectivity index (χ3n) is 2.89. The van der Waals surface area contributed by atoms with E-state index in [2.05, 4.69) is 6.07 Å². The van der Waals surface area contributed by atoms with Crippen LogP contribution in [-0.4, -0.2) is 26.2 Å². The van der Waals surface area contributed by atoms with Gasteiger partial charge in [0.25, 0.3) is 0 Å². The number of rotatable bonds is 5. The molecular weight excluding hydrogens is 242 g/mol. The smallest absolute Gasteiger partial charge is 0.337 e. The number of hydrogen-bond donors (Lipinski definition) is 1. The number of hydrogen-bond acceptors (Lipinski definition) is 5. The summed E-state index contributed by atoms with van der Waals surface area (Å²) in [7, 11) is 1.34. The Hall–Kier alpha value is -2.22. The first-order valence-electron chi connectivity index (χ1n) is 6.15. The van der Waals surface area contributed by atoms with E-state index >= 15 is 0 Å². The van der Waals surface area contributed by atoms with Gasteiger partial charge in [0.15, 0.2) is 0 Å². The third kappa shape index (κ3) is 3.62. The largest absolute Gasteiger partial charge is 0.465 e. The summed E-state index contributed by atoms with van der Waals surface area (Å²) in [5.74, 6) is -0.508. The van der Waals surface area contributed by atoms with Gasteiger partial charge >= 0.3 is 5.97 Å². The minimum Gasteiger partial charge on any atom is -0.465 e. The average molecular weight is 261 g/mol. The highest BCUT2D eigenvalue weighted by molar-refractivity contribution is 5.92. The van der Waals surface area contributed by atoms with Crippen LogP contribution < -0.4 is 10.6 Å². The molecule has 19 heavy (non-hydrogen) atoms. The molecule has 0 aromatic heterocycles. The van der Waals surface area contributed by atoms with E-state index in [-0.39, 0.29) is 5.92 Å². The maximum Gasteiger partial charge on any atom is 0.337 e. The first kappa shape index (κ1) is 14.8. The Kier molecular flexibility index (Phi) is 5.19. The van der Waals surface area contributed by atoms with Gasteiger partial charge in [-0.3, -0.25) is 0 Å². The van der Waals surface area contributed by atoms with Crippen LogP contribution in [0.2, 0.25) is 0 Å². The van der Waals surface area contributed by atoms with Gasteiger partial charge in [-0.05, 0) is 32.0 Å². The normalized spacial score (nSPS) is 11.5. The van der Waals surface area contributed by atoms with Crippen LogP contribution in [0.3, 0.4) is 0 Å². The van der Waals surface area contributed by atoms with Gasteiger partial charge in [0.2, 0.25) is 0 Å². The van der Waals surface area contributed by atoms with Crippen molar-refractivity contribution in [3.05, 3.63) is 23.8 Å². The summed E-state index contributed by atoms with van der Waals surface area (Å²) in [6, 6.07) is 7.21. The van der Waals surface area contributed by atoms with Crippen molar-refractivity contribution in [2.45, 2.75) is 13.8 Å². The van der Waals surface area contributed by atoms with Crippen LogP contribution in [0.25, 0.3) is 0 Å². The predicted molar refractivity (Wildman–Crippen MR) is 74.9 cm³/mol. The zero-order valence-electron chi connectivity index (χ0n) is 11.5. The second kappa shape index (κ2) is 6.64. The molecule has 0 aliphatic heterocycles. The Bertz CT molecular complexity index is 494. The van der Waals surface area contributed by atoms with Gasteiger partial charge in [-0.1, -0.05) is 0 Å². The van der Waals surface area contributed by atoms with Crippen LogP contribution in [0.4, 0.5) is 11.4 Å². The number of esters is 1. The Morgan fingerprint density at radius 2 is 2.26 bits per heavy atom. The van der Waals surface area contributed by atoms with Crippen LogP contribution in [0, 0.1) is 17.2 Å². The molecule has 0 heterocycles. The van der Waals surface area contributed by atoms with Gasteiger partial charge in [-0.15, -0.1) is 0 Å². The van der Waals surface area contributed by atoms with Gasteiger partial charge < -0.3 is 15.4 Å². The van der Waals surface area contributed by atoms with Crippen molar-refractivity contribution in [1.29, 1.82) is 5.26 Å². The number of benzene rings is 1. The molecule has 0 radical (unpaired) electrons. The number of carbonyl (C=O) groups excluding carboxylic acids is 1. The summed E-state index contributed by atoms with van der Waals surface area (Å²) in [4.78, 5) is 13.5. The van der Waals surface area contributed by atoms with Crippen LogP contribution in [0.5, 0.6) is 0 Å². The van der Waals surface area contributed by atoms with Crippen molar-refractivity contribution in [2.75, 3.05) is 30.8 Å². The molecule has 0 aliphatic carbocycles. The molecule has 0 amide bonds. The van der Waals surface area contributed by atoms with Crippen molar-refractivity contribution in [3.8, 4) is 6.07 Å². The van der Waals surface area contributed by atoms with E-state index in [9.17, 15) is 4.79 Å². The van der Waals surface area contributed by atoms with Crippen LogP contribution in [0.15, 0.2) is 18.2 Å². The minimum absolute atomic E-state index is 0.110. The summed E-state index contributed by atoms with van der Waals surface area (Å²) in [6.07, 6.45) is 0. The van der Waals surface area contributed by atoms with Gasteiger partial charge in [-0.25, -0.2) is 4.79 Å². The molecule has 0 saturated heterocycles. The zero-order valence-corrected chi connectivity index (χ0v) is 11.5. The van der Waals surface area contributed by atoms with E-state index in [4.69, 9.17) is 15.7 Å². The number of nitrogens with zero attached hydrogens (tertiary/aromatic N) is 2. The molecule has 0 spiro atoms. The highest BCUT2D eigenvalue weighted by Gasteiger charge is 2.14. The highest BCUT2D eigenvalue weighted by atomic mass is 16.5. The highest BCUT2D eigenvalue weighted by Crippen LogP contribution is 2.25. The lowest BCUT2D eigenvalue weighted by Gasteiger charge is -2.26. The minimum atomic E-state index is -0.398. The molecule has 1 aromatic rings. The molecule has 0 fully saturated rings. The van der Waals surface area contributed by atoms with E-state index < -0.39 is 5.97 Å². The number of nitrogen functional groups attached to an aromatic ring is 1. The van der Waals surface area contributed by atoms with Crippen molar-refractivity contribution in [2.24, 2.45) is 5.92 Å². The third-order valence-corrected chi connectivity index (χ3v) is 2.89. The fourth-order valence-corrected chi connectivity index (χ4v) is 1.83. The van der Waals surface area contributed by atoms with E-state index in [0.29, 0.717) is 24.3 Å². The Morgan fingerprint density at radius 3 is 2.79 bits per heavy atom. The topological polar surface area (TPSA) is 79.3 Å². The summed E-state index contributed by atoms with van der Waals surface area (Å²) >= 11 is 0. The SMILES string of the molecule is CCN(CC(C)C#N)c1cc(C(=O)OC)ccc1N. The molecule has 1 unspecified atom stereocenters. The quantitative estimate of drug-likeness (QED) is 0.648. The van der Waals surface area contributed by atoms with E-state index in [0.717, 1.165) is 5.69 Å². The molecule has 5 nitrogen and oxygen atoms in total. The summed E-state index contributed by atoms with van der Waals surface area (Å²) in [6.45, 7) is 5.11. The number of methoxy groups -OCH3 is 1. The molecule has 1 aromatic carbocycles. The van der Waals surface area contributed by atoms with Crippen molar-refractivity contribution in [3.63, 3.8) is 0 Å². The lowest BCUT2D eigenvalue weighted by molar-refractivity contribution is 0.0601. The molecule has 1 rings (SSSR count). The predicted octanol–water partition coefficient (Wildman–Crippen LogP) is 2.04. The van der Waals surface area contributed by atoms with E-state index in [1.807, 2.05) is 18.7 Å². The second-order valence-electron chi connectivity index (χ2n) is 4.33. The molecule has 0 bridgehead atoms. The fraction of sp³-hybridized carbons (Fsp3) is 0.429. The molecule has 0 saturated carbocycles. The summed E-state index contributed by atoms with van der Waals surface area (Å²) < 4.78 is 4.70. The number of carbonyl (C=O) groups is 1. The van der Waals surface area contributed by atoms with E-state index in [1.54, 1.807) is 18.2 Å². The van der Waals surface area contributed by atoms with Crippen LogP contribution in [0.1, 0.15) is 24.2 Å². The molecule has 0 aliphatic rings. The molecule has 1 atom stereocenters. The van der Waals surface area contributed by atoms with Crippen molar-refractivity contribution in [1.82, 2.24) is 0 Å². The number of nitrogens with two attached hydrogens (primary N) is 1. The van der Waals surface area contributed by atoms with Crippen molar-refractivity contribution < 1.29 is 9.53 Å². The molecule has 102 valence electrons. The molecular formula is C14H19N3O2. The van der Waals surface area contributed by atoms with Gasteiger partial charge in [-0.2, -0.15) is 5.26 Å².